The minimum absolute atomic E-state index is 0.0754. The molecule has 1 saturated heterocycles. The lowest BCUT2D eigenvalue weighted by molar-refractivity contribution is -0.154. The van der Waals surface area contributed by atoms with Crippen LogP contribution in [0.25, 0.3) is 0 Å². The Morgan fingerprint density at radius 1 is 1.00 bits per heavy atom. The van der Waals surface area contributed by atoms with Gasteiger partial charge in [0, 0.05) is 29.8 Å². The van der Waals surface area contributed by atoms with E-state index in [1.807, 2.05) is 0 Å². The van der Waals surface area contributed by atoms with Crippen molar-refractivity contribution in [3.8, 4) is 6.01 Å². The number of hydrogen-bond acceptors (Lipinski definition) is 8. The number of benzene rings is 2. The van der Waals surface area contributed by atoms with Gasteiger partial charge >= 0.3 is 18.4 Å². The van der Waals surface area contributed by atoms with Crippen molar-refractivity contribution < 1.29 is 39.5 Å². The summed E-state index contributed by atoms with van der Waals surface area (Å²) < 4.78 is 110. The summed E-state index contributed by atoms with van der Waals surface area (Å²) in [6.45, 7) is 0.125. The van der Waals surface area contributed by atoms with Gasteiger partial charge in [0.05, 0.1) is 10.5 Å². The maximum absolute atomic E-state index is 13.2. The molecule has 1 aliphatic heterocycles. The van der Waals surface area contributed by atoms with Crippen molar-refractivity contribution in [3.63, 3.8) is 0 Å². The van der Waals surface area contributed by atoms with Crippen LogP contribution >= 0.6 is 11.6 Å². The molecule has 0 unspecified atom stereocenters. The molecule has 1 fully saturated rings. The number of halogens is 7. The van der Waals surface area contributed by atoms with E-state index in [0.29, 0.717) is 23.4 Å². The zero-order valence-corrected chi connectivity index (χ0v) is 22.8. The molecule has 17 heteroatoms. The van der Waals surface area contributed by atoms with Gasteiger partial charge < -0.3 is 15.4 Å². The number of nitrogens with zero attached hydrogens (tertiary/aromatic N) is 4. The highest BCUT2D eigenvalue weighted by Gasteiger charge is 2.33. The molecule has 0 amide bonds. The summed E-state index contributed by atoms with van der Waals surface area (Å²) in [7, 11) is -3.83. The molecule has 9 nitrogen and oxygen atoms in total. The van der Waals surface area contributed by atoms with E-state index >= 15 is 0 Å². The van der Waals surface area contributed by atoms with E-state index in [1.54, 1.807) is 19.1 Å². The summed E-state index contributed by atoms with van der Waals surface area (Å²) in [6, 6.07) is 7.55. The van der Waals surface area contributed by atoms with E-state index in [1.165, 1.54) is 16.4 Å². The second-order valence-electron chi connectivity index (χ2n) is 9.06. The fourth-order valence-corrected chi connectivity index (χ4v) is 5.97. The highest BCUT2D eigenvalue weighted by molar-refractivity contribution is 7.89. The summed E-state index contributed by atoms with van der Waals surface area (Å²) in [5.41, 5.74) is -0.613. The first-order valence-electron chi connectivity index (χ1n) is 12.0. The Morgan fingerprint density at radius 2 is 1.66 bits per heavy atom. The predicted octanol–water partition coefficient (Wildman–Crippen LogP) is 5.80. The van der Waals surface area contributed by atoms with Crippen LogP contribution in [0.15, 0.2) is 47.4 Å². The Bertz CT molecular complexity index is 1500. The van der Waals surface area contributed by atoms with Crippen molar-refractivity contribution in [2.24, 2.45) is 0 Å². The lowest BCUT2D eigenvalue weighted by Crippen LogP contribution is -2.42. The molecule has 0 atom stereocenters. The van der Waals surface area contributed by atoms with E-state index in [2.05, 4.69) is 30.3 Å². The van der Waals surface area contributed by atoms with Crippen molar-refractivity contribution >= 4 is 39.2 Å². The van der Waals surface area contributed by atoms with Crippen LogP contribution in [0, 0.1) is 6.92 Å². The SMILES string of the molecule is Cc1c(Cl)cccc1S(=O)(=O)N1CCC(Nc2nc(Nc3cccc(C(F)(F)F)c3)nc(OCC(F)(F)F)n2)CC1. The summed E-state index contributed by atoms with van der Waals surface area (Å²) in [6.07, 6.45) is -8.74. The van der Waals surface area contributed by atoms with Crippen LogP contribution in [0.1, 0.15) is 24.0 Å². The number of alkyl halides is 6. The third-order valence-electron chi connectivity index (χ3n) is 6.05. The van der Waals surface area contributed by atoms with Gasteiger partial charge in [0.15, 0.2) is 6.61 Å². The van der Waals surface area contributed by atoms with Crippen LogP contribution in [0.4, 0.5) is 43.9 Å². The van der Waals surface area contributed by atoms with Gasteiger partial charge in [0.1, 0.15) is 0 Å². The number of rotatable bonds is 8. The monoisotopic (exact) mass is 624 g/mol. The van der Waals surface area contributed by atoms with E-state index in [-0.39, 0.29) is 41.6 Å². The smallest absolute Gasteiger partial charge is 0.422 e. The molecule has 0 aliphatic carbocycles. The standard InChI is InChI=1S/C24H23ClF6N6O3S/c1-14-18(25)6-3-7-19(14)41(38,39)37-10-8-16(9-11-37)32-20-34-21(36-22(35-20)40-13-23(26,27)28)33-17-5-2-4-15(12-17)24(29,30)31/h2-7,12,16H,8-11,13H2,1H3,(H2,32,33,34,35,36). The van der Waals surface area contributed by atoms with Gasteiger partial charge in [-0.25, -0.2) is 8.42 Å². The van der Waals surface area contributed by atoms with Gasteiger partial charge in [0.2, 0.25) is 21.9 Å². The van der Waals surface area contributed by atoms with Gasteiger partial charge in [-0.05, 0) is 55.7 Å². The highest BCUT2D eigenvalue weighted by Crippen LogP contribution is 2.32. The van der Waals surface area contributed by atoms with Crippen molar-refractivity contribution in [2.75, 3.05) is 30.3 Å². The minimum atomic E-state index is -4.70. The van der Waals surface area contributed by atoms with Gasteiger partial charge in [-0.15, -0.1) is 0 Å². The normalized spacial score (nSPS) is 15.5. The summed E-state index contributed by atoms with van der Waals surface area (Å²) >= 11 is 6.08. The Kier molecular flexibility index (Phi) is 8.84. The number of sulfonamides is 1. The van der Waals surface area contributed by atoms with Gasteiger partial charge in [0.25, 0.3) is 0 Å². The van der Waals surface area contributed by atoms with Crippen molar-refractivity contribution in [2.45, 2.75) is 43.1 Å². The van der Waals surface area contributed by atoms with Crippen molar-refractivity contribution in [3.05, 3.63) is 58.6 Å². The number of ether oxygens (including phenoxy) is 1. The lowest BCUT2D eigenvalue weighted by Gasteiger charge is -2.32. The fourth-order valence-electron chi connectivity index (χ4n) is 4.02. The molecular formula is C24H23ClF6N6O3S. The topological polar surface area (TPSA) is 109 Å². The second kappa shape index (κ2) is 11.9. The first-order valence-corrected chi connectivity index (χ1v) is 13.9. The molecule has 4 rings (SSSR count). The molecule has 0 bridgehead atoms. The van der Waals surface area contributed by atoms with Gasteiger partial charge in [-0.1, -0.05) is 23.7 Å². The third kappa shape index (κ3) is 7.89. The number of piperidine rings is 1. The number of aromatic nitrogens is 3. The quantitative estimate of drug-likeness (QED) is 0.303. The molecule has 2 aromatic carbocycles. The lowest BCUT2D eigenvalue weighted by atomic mass is 10.1. The van der Waals surface area contributed by atoms with Crippen LogP contribution in [0.2, 0.25) is 5.02 Å². The van der Waals surface area contributed by atoms with Crippen molar-refractivity contribution in [1.29, 1.82) is 0 Å². The Morgan fingerprint density at radius 3 is 2.32 bits per heavy atom. The van der Waals surface area contributed by atoms with E-state index in [0.717, 1.165) is 18.2 Å². The summed E-state index contributed by atoms with van der Waals surface area (Å²) in [4.78, 5) is 11.7. The fraction of sp³-hybridized carbons (Fsp3) is 0.375. The van der Waals surface area contributed by atoms with E-state index < -0.39 is 40.6 Å². The Labute approximate surface area is 236 Å². The molecular weight excluding hydrogens is 602 g/mol. The molecule has 0 radical (unpaired) electrons. The van der Waals surface area contributed by atoms with Gasteiger partial charge in [-0.3, -0.25) is 0 Å². The van der Waals surface area contributed by atoms with E-state index in [4.69, 9.17) is 11.6 Å². The molecule has 3 aromatic rings. The molecule has 2 heterocycles. The number of nitrogens with one attached hydrogen (secondary N) is 2. The highest BCUT2D eigenvalue weighted by atomic mass is 35.5. The van der Waals surface area contributed by atoms with Crippen LogP contribution in [-0.2, 0) is 16.2 Å². The summed E-state index contributed by atoms with van der Waals surface area (Å²) in [5.74, 6) is -0.575. The largest absolute Gasteiger partial charge is 0.454 e. The first kappa shape index (κ1) is 30.6. The minimum Gasteiger partial charge on any atom is -0.454 e. The predicted molar refractivity (Wildman–Crippen MR) is 138 cm³/mol. The molecule has 1 aromatic heterocycles. The van der Waals surface area contributed by atoms with Crippen molar-refractivity contribution in [1.82, 2.24) is 19.3 Å². The second-order valence-corrected chi connectivity index (χ2v) is 11.4. The zero-order chi connectivity index (χ0) is 30.0. The van der Waals surface area contributed by atoms with Crippen LogP contribution in [0.3, 0.4) is 0 Å². The maximum atomic E-state index is 13.2. The average molecular weight is 625 g/mol. The molecule has 0 saturated carbocycles. The molecule has 0 spiro atoms. The Balaban J connectivity index is 1.50. The van der Waals surface area contributed by atoms with Crippen LogP contribution in [0.5, 0.6) is 6.01 Å². The van der Waals surface area contributed by atoms with E-state index in [9.17, 15) is 34.8 Å². The van der Waals surface area contributed by atoms with Gasteiger partial charge in [-0.2, -0.15) is 45.6 Å². The third-order valence-corrected chi connectivity index (χ3v) is 8.50. The average Bonchev–Trinajstić information content (AvgIpc) is 2.88. The number of anilines is 3. The first-order chi connectivity index (χ1) is 19.1. The Hall–Kier alpha value is -3.37. The van der Waals surface area contributed by atoms with Crippen LogP contribution < -0.4 is 15.4 Å². The number of hydrogen-bond donors (Lipinski definition) is 2. The van der Waals surface area contributed by atoms with Crippen LogP contribution in [-0.4, -0.2) is 59.6 Å². The zero-order valence-electron chi connectivity index (χ0n) is 21.2. The maximum Gasteiger partial charge on any atom is 0.422 e. The molecule has 222 valence electrons. The molecule has 41 heavy (non-hydrogen) atoms. The molecule has 2 N–H and O–H groups in total. The summed E-state index contributed by atoms with van der Waals surface area (Å²) in [5, 5.41) is 5.77. The molecule has 1 aliphatic rings.